The zero-order valence-corrected chi connectivity index (χ0v) is 21.4. The molecule has 0 bridgehead atoms. The van der Waals surface area contributed by atoms with Gasteiger partial charge in [-0.15, -0.1) is 18.3 Å². The number of ether oxygens (including phenoxy) is 2. The monoisotopic (exact) mass is 545 g/mol. The second-order valence-corrected chi connectivity index (χ2v) is 8.23. The minimum atomic E-state index is -4.81. The van der Waals surface area contributed by atoms with E-state index in [0.29, 0.717) is 28.1 Å². The predicted octanol–water partition coefficient (Wildman–Crippen LogP) is 5.44. The van der Waals surface area contributed by atoms with Crippen LogP contribution in [-0.2, 0) is 4.74 Å². The Kier molecular flexibility index (Phi) is 9.63. The van der Waals surface area contributed by atoms with Crippen LogP contribution < -0.4 is 15.4 Å². The van der Waals surface area contributed by atoms with Crippen molar-refractivity contribution in [2.24, 2.45) is 0 Å². The fourth-order valence-corrected chi connectivity index (χ4v) is 3.48. The Hall–Kier alpha value is -4.16. The molecule has 12 heteroatoms. The van der Waals surface area contributed by atoms with E-state index in [1.165, 1.54) is 17.1 Å². The zero-order valence-electron chi connectivity index (χ0n) is 20.6. The summed E-state index contributed by atoms with van der Waals surface area (Å²) in [5.74, 6) is 0.692. The maximum absolute atomic E-state index is 12.4. The molecule has 3 rings (SSSR count). The van der Waals surface area contributed by atoms with Gasteiger partial charge in [-0.05, 0) is 79.3 Å². The molecule has 0 saturated carbocycles. The van der Waals surface area contributed by atoms with Gasteiger partial charge in [-0.3, -0.25) is 0 Å². The molecule has 2 aromatic carbocycles. The number of aliphatic hydroxyl groups excluding tert-OH is 1. The van der Waals surface area contributed by atoms with Crippen LogP contribution in [0.3, 0.4) is 0 Å². The maximum atomic E-state index is 12.4. The Balaban J connectivity index is 1.63. The number of allylic oxidation sites excluding steroid dienone is 4. The number of aliphatic hydroxyl groups is 1. The zero-order chi connectivity index (χ0) is 27.7. The summed E-state index contributed by atoms with van der Waals surface area (Å²) in [7, 11) is 1.58. The average Bonchev–Trinajstić information content (AvgIpc) is 3.40. The quantitative estimate of drug-likeness (QED) is 0.176. The molecule has 0 aliphatic rings. The van der Waals surface area contributed by atoms with Gasteiger partial charge in [0.15, 0.2) is 10.9 Å². The lowest BCUT2D eigenvalue weighted by Gasteiger charge is -2.19. The third-order valence-corrected chi connectivity index (χ3v) is 5.40. The second-order valence-electron chi connectivity index (χ2n) is 7.83. The van der Waals surface area contributed by atoms with Gasteiger partial charge in [0, 0.05) is 16.9 Å². The van der Waals surface area contributed by atoms with Crippen molar-refractivity contribution < 1.29 is 27.8 Å². The molecule has 0 aliphatic carbocycles. The van der Waals surface area contributed by atoms with E-state index < -0.39 is 18.2 Å². The summed E-state index contributed by atoms with van der Waals surface area (Å²) in [6, 6.07) is 14.1. The lowest BCUT2D eigenvalue weighted by molar-refractivity contribution is -0.303. The largest absolute Gasteiger partial charge is 0.573 e. The van der Waals surface area contributed by atoms with Crippen molar-refractivity contribution in [1.29, 1.82) is 0 Å². The molecule has 0 fully saturated rings. The first-order valence-corrected chi connectivity index (χ1v) is 11.6. The van der Waals surface area contributed by atoms with Crippen LogP contribution in [0.25, 0.3) is 17.1 Å². The number of rotatable bonds is 10. The van der Waals surface area contributed by atoms with Crippen LogP contribution >= 0.6 is 12.2 Å². The number of anilines is 1. The lowest BCUT2D eigenvalue weighted by atomic mass is 10.1. The van der Waals surface area contributed by atoms with Crippen molar-refractivity contribution in [3.05, 3.63) is 91.0 Å². The van der Waals surface area contributed by atoms with Crippen LogP contribution in [0.2, 0.25) is 0 Å². The molecule has 38 heavy (non-hydrogen) atoms. The smallest absolute Gasteiger partial charge is 0.497 e. The number of methoxy groups -OCH3 is 1. The fraction of sp³-hybridized carbons (Fsp3) is 0.192. The molecule has 0 spiro atoms. The third-order valence-electron chi connectivity index (χ3n) is 5.18. The molecule has 0 aliphatic heterocycles. The van der Waals surface area contributed by atoms with Gasteiger partial charge in [0.1, 0.15) is 17.8 Å². The van der Waals surface area contributed by atoms with Gasteiger partial charge in [-0.2, -0.15) is 0 Å². The van der Waals surface area contributed by atoms with E-state index in [1.807, 2.05) is 12.1 Å². The molecule has 0 saturated heterocycles. The highest BCUT2D eigenvalue weighted by Crippen LogP contribution is 2.22. The van der Waals surface area contributed by atoms with Gasteiger partial charge in [0.05, 0.1) is 19.8 Å². The van der Waals surface area contributed by atoms with Gasteiger partial charge in [-0.25, -0.2) is 9.67 Å². The highest BCUT2D eigenvalue weighted by molar-refractivity contribution is 7.80. The number of hydrogen-bond donors (Lipinski definition) is 3. The van der Waals surface area contributed by atoms with Crippen molar-refractivity contribution in [2.45, 2.75) is 19.3 Å². The number of hydrogen-bond acceptors (Lipinski definition) is 6. The highest BCUT2D eigenvalue weighted by atomic mass is 32.1. The highest BCUT2D eigenvalue weighted by Gasteiger charge is 2.31. The summed E-state index contributed by atoms with van der Waals surface area (Å²) >= 11 is 5.39. The number of thiocarbonyl (C=S) groups is 1. The van der Waals surface area contributed by atoms with Crippen molar-refractivity contribution in [3.63, 3.8) is 0 Å². The average molecular weight is 546 g/mol. The van der Waals surface area contributed by atoms with E-state index >= 15 is 0 Å². The van der Waals surface area contributed by atoms with Crippen molar-refractivity contribution in [1.82, 2.24) is 20.1 Å². The van der Waals surface area contributed by atoms with Gasteiger partial charge in [0.2, 0.25) is 0 Å². The van der Waals surface area contributed by atoms with Crippen LogP contribution in [0.4, 0.5) is 18.9 Å². The molecular formula is C26H26F3N5O3S. The Morgan fingerprint density at radius 2 is 1.84 bits per heavy atom. The first-order valence-electron chi connectivity index (χ1n) is 11.2. The molecule has 0 amide bonds. The first-order chi connectivity index (χ1) is 18.1. The number of halogens is 3. The van der Waals surface area contributed by atoms with Gasteiger partial charge < -0.3 is 25.2 Å². The lowest BCUT2D eigenvalue weighted by Crippen LogP contribution is -2.34. The van der Waals surface area contributed by atoms with E-state index in [4.69, 9.17) is 17.0 Å². The van der Waals surface area contributed by atoms with Crippen LogP contribution in [0.5, 0.6) is 5.75 Å². The van der Waals surface area contributed by atoms with Crippen LogP contribution in [0.15, 0.2) is 85.4 Å². The predicted molar refractivity (Wildman–Crippen MR) is 143 cm³/mol. The number of nitrogens with zero attached hydrogens (tertiary/aromatic N) is 3. The molecule has 8 nitrogen and oxygen atoms in total. The molecule has 1 atom stereocenters. The third kappa shape index (κ3) is 8.18. The normalized spacial score (nSPS) is 13.0. The number of aromatic nitrogens is 3. The minimum Gasteiger partial charge on any atom is -0.497 e. The van der Waals surface area contributed by atoms with Gasteiger partial charge >= 0.3 is 6.36 Å². The van der Waals surface area contributed by atoms with Crippen LogP contribution in [0.1, 0.15) is 18.5 Å². The molecule has 200 valence electrons. The van der Waals surface area contributed by atoms with Crippen molar-refractivity contribution >= 4 is 28.7 Å². The Bertz CT molecular complexity index is 1300. The standard InChI is InChI=1S/C26H26F3N5O3S/c1-4-21(37-26(27,28)29)12-5-17(2)34-16-30-24(33-34)19-6-10-20(11-7-19)31-25(38)32-23(15-35)18-8-13-22(36-3)14-9-18/h4-14,16,23,35H,1,15H2,2-3H3,(H2,31,32,38)/b17-5+,21-12+. The van der Waals surface area contributed by atoms with E-state index in [2.05, 4.69) is 32.0 Å². The Morgan fingerprint density at radius 3 is 2.42 bits per heavy atom. The summed E-state index contributed by atoms with van der Waals surface area (Å²) in [6.45, 7) is 4.82. The second kappa shape index (κ2) is 12.9. The summed E-state index contributed by atoms with van der Waals surface area (Å²) in [5.41, 5.74) is 2.79. The summed E-state index contributed by atoms with van der Waals surface area (Å²) in [5, 5.41) is 20.6. The molecule has 0 radical (unpaired) electrons. The molecular weight excluding hydrogens is 519 g/mol. The maximum Gasteiger partial charge on any atom is 0.573 e. The Labute approximate surface area is 223 Å². The molecule has 1 aromatic heterocycles. The number of benzene rings is 2. The summed E-state index contributed by atoms with van der Waals surface area (Å²) in [4.78, 5) is 4.26. The molecule has 3 aromatic rings. The minimum absolute atomic E-state index is 0.157. The summed E-state index contributed by atoms with van der Waals surface area (Å²) < 4.78 is 47.7. The molecule has 3 N–H and O–H groups in total. The van der Waals surface area contributed by atoms with Crippen LogP contribution in [-0.4, -0.2) is 45.1 Å². The number of alkyl halides is 3. The molecule has 1 heterocycles. The van der Waals surface area contributed by atoms with E-state index in [9.17, 15) is 18.3 Å². The Morgan fingerprint density at radius 1 is 1.16 bits per heavy atom. The summed E-state index contributed by atoms with van der Waals surface area (Å²) in [6.07, 6.45) is 0.162. The first kappa shape index (κ1) is 28.4. The van der Waals surface area contributed by atoms with Gasteiger partial charge in [0.25, 0.3) is 0 Å². The van der Waals surface area contributed by atoms with E-state index in [-0.39, 0.29) is 6.61 Å². The van der Waals surface area contributed by atoms with E-state index in [0.717, 1.165) is 23.3 Å². The SMILES string of the molecule is C=C/C(=C\C=C(/C)n1cnc(-c2ccc(NC(=S)NC(CO)c3ccc(OC)cc3)cc2)n1)OC(F)(F)F. The fourth-order valence-electron chi connectivity index (χ4n) is 3.22. The molecule has 1 unspecified atom stereocenters. The van der Waals surface area contributed by atoms with E-state index in [1.54, 1.807) is 50.4 Å². The number of nitrogens with one attached hydrogen (secondary N) is 2. The van der Waals surface area contributed by atoms with Gasteiger partial charge in [-0.1, -0.05) is 18.7 Å². The van der Waals surface area contributed by atoms with Crippen molar-refractivity contribution in [2.75, 3.05) is 19.0 Å². The van der Waals surface area contributed by atoms with Crippen LogP contribution in [0, 0.1) is 0 Å². The van der Waals surface area contributed by atoms with Crippen molar-refractivity contribution in [3.8, 4) is 17.1 Å². The topological polar surface area (TPSA) is 93.5 Å².